The van der Waals surface area contributed by atoms with Crippen LogP contribution in [0.5, 0.6) is 0 Å². The molecule has 5 nitrogen and oxygen atoms in total. The third-order valence-corrected chi connectivity index (χ3v) is 6.01. The summed E-state index contributed by atoms with van der Waals surface area (Å²) >= 11 is 0. The summed E-state index contributed by atoms with van der Waals surface area (Å²) in [6, 6.07) is 10.8. The van der Waals surface area contributed by atoms with Crippen LogP contribution < -0.4 is 4.57 Å². The summed E-state index contributed by atoms with van der Waals surface area (Å²) in [5.74, 6) is 2.79. The van der Waals surface area contributed by atoms with Gasteiger partial charge < -0.3 is 0 Å². The second kappa shape index (κ2) is 8.38. The number of hydrogen-bond donors (Lipinski definition) is 0. The lowest BCUT2D eigenvalue weighted by atomic mass is 9.95. The smallest absolute Gasteiger partial charge is 0.232 e. The van der Waals surface area contributed by atoms with Crippen LogP contribution in [0, 0.1) is 20.8 Å². The van der Waals surface area contributed by atoms with E-state index >= 15 is 0 Å². The molecule has 0 fully saturated rings. The highest BCUT2D eigenvalue weighted by Gasteiger charge is 2.22. The Labute approximate surface area is 190 Å². The highest BCUT2D eigenvalue weighted by atomic mass is 15.0. The topological polar surface area (TPSA) is 55.4 Å². The average molecular weight is 427 g/mol. The molecule has 0 atom stereocenters. The molecule has 0 unspecified atom stereocenters. The van der Waals surface area contributed by atoms with Crippen molar-refractivity contribution in [3.8, 4) is 22.6 Å². The van der Waals surface area contributed by atoms with Crippen LogP contribution in [0.2, 0.25) is 0 Å². The second-order valence-electron chi connectivity index (χ2n) is 9.35. The minimum Gasteiger partial charge on any atom is -0.232 e. The van der Waals surface area contributed by atoms with Gasteiger partial charge in [0.1, 0.15) is 17.3 Å². The summed E-state index contributed by atoms with van der Waals surface area (Å²) in [6.45, 7) is 15.0. The van der Waals surface area contributed by atoms with Gasteiger partial charge in [-0.25, -0.2) is 19.5 Å². The molecular weight excluding hydrogens is 394 g/mol. The maximum Gasteiger partial charge on any atom is 0.287 e. The number of rotatable bonds is 4. The van der Waals surface area contributed by atoms with Gasteiger partial charge in [-0.3, -0.25) is 0 Å². The Kier molecular flexibility index (Phi) is 5.76. The zero-order chi connectivity index (χ0) is 23.2. The van der Waals surface area contributed by atoms with E-state index in [1.54, 1.807) is 0 Å². The Morgan fingerprint density at radius 2 is 1.47 bits per heavy atom. The van der Waals surface area contributed by atoms with Crippen molar-refractivity contribution in [2.45, 2.75) is 60.3 Å². The normalized spacial score (nSPS) is 11.7. The Hall–Kier alpha value is -3.21. The highest BCUT2D eigenvalue weighted by molar-refractivity contribution is 5.99. The molecule has 0 saturated carbocycles. The van der Waals surface area contributed by atoms with E-state index in [0.717, 1.165) is 33.8 Å². The maximum absolute atomic E-state index is 4.84. The lowest BCUT2D eigenvalue weighted by molar-refractivity contribution is -0.662. The van der Waals surface area contributed by atoms with Crippen molar-refractivity contribution in [3.63, 3.8) is 0 Å². The summed E-state index contributed by atoms with van der Waals surface area (Å²) in [6.07, 6.45) is 1.90. The Morgan fingerprint density at radius 3 is 2.09 bits per heavy atom. The van der Waals surface area contributed by atoms with Gasteiger partial charge in [0.2, 0.25) is 0 Å². The Bertz CT molecular complexity index is 1300. The van der Waals surface area contributed by atoms with Crippen LogP contribution in [0.3, 0.4) is 0 Å². The first-order valence-corrected chi connectivity index (χ1v) is 11.3. The molecule has 32 heavy (non-hydrogen) atoms. The number of nitrogens with zero attached hydrogens (tertiary/aromatic N) is 5. The minimum atomic E-state index is 0.225. The molecule has 0 saturated heterocycles. The molecule has 5 heteroatoms. The number of benzene rings is 2. The molecule has 164 valence electrons. The third-order valence-electron chi connectivity index (χ3n) is 6.01. The van der Waals surface area contributed by atoms with Crippen molar-refractivity contribution in [3.05, 3.63) is 65.0 Å². The molecule has 0 aliphatic rings. The maximum atomic E-state index is 4.84. The monoisotopic (exact) mass is 426 g/mol. The summed E-state index contributed by atoms with van der Waals surface area (Å²) in [5.41, 5.74) is 8.08. The summed E-state index contributed by atoms with van der Waals surface area (Å²) in [7, 11) is 2.06. The van der Waals surface area contributed by atoms with Gasteiger partial charge in [0.25, 0.3) is 6.33 Å². The van der Waals surface area contributed by atoms with Crippen LogP contribution in [0.25, 0.3) is 33.5 Å². The molecule has 2 heterocycles. The van der Waals surface area contributed by atoms with Gasteiger partial charge >= 0.3 is 0 Å². The van der Waals surface area contributed by atoms with Crippen molar-refractivity contribution in [2.24, 2.45) is 7.05 Å². The summed E-state index contributed by atoms with van der Waals surface area (Å²) < 4.78 is 2.11. The summed E-state index contributed by atoms with van der Waals surface area (Å²) in [4.78, 5) is 19.2. The van der Waals surface area contributed by atoms with Gasteiger partial charge in [-0.1, -0.05) is 45.4 Å². The van der Waals surface area contributed by atoms with Crippen LogP contribution in [0.4, 0.5) is 0 Å². The van der Waals surface area contributed by atoms with Crippen LogP contribution in [-0.2, 0) is 7.05 Å². The van der Waals surface area contributed by atoms with Gasteiger partial charge in [0, 0.05) is 17.4 Å². The quantitative estimate of drug-likeness (QED) is 0.390. The fraction of sp³-hybridized carbons (Fsp3) is 0.370. The number of hydrogen-bond acceptors (Lipinski definition) is 4. The standard InChI is InChI=1S/C27H32N5/c1-15(2)25-29-26(16(3)4)31-27(30-25)21-11-9-10-20-23(21)28-14-32(8)24(20)22-13-17(5)12-18(6)19(22)7/h9-16H,1-8H3/q+1. The van der Waals surface area contributed by atoms with Crippen LogP contribution in [-0.4, -0.2) is 19.9 Å². The molecule has 0 aliphatic carbocycles. The first-order valence-electron chi connectivity index (χ1n) is 11.3. The largest absolute Gasteiger partial charge is 0.287 e. The molecular formula is C27H32N5+. The van der Waals surface area contributed by atoms with Crippen molar-refractivity contribution >= 4 is 10.9 Å². The van der Waals surface area contributed by atoms with Crippen LogP contribution >= 0.6 is 0 Å². The predicted octanol–water partition coefficient (Wildman–Crippen LogP) is 5.75. The van der Waals surface area contributed by atoms with E-state index in [1.165, 1.54) is 22.3 Å². The zero-order valence-electron chi connectivity index (χ0n) is 20.4. The van der Waals surface area contributed by atoms with E-state index in [9.17, 15) is 0 Å². The van der Waals surface area contributed by atoms with E-state index < -0.39 is 0 Å². The molecule has 0 amide bonds. The van der Waals surface area contributed by atoms with E-state index in [-0.39, 0.29) is 11.8 Å². The van der Waals surface area contributed by atoms with Crippen LogP contribution in [0.15, 0.2) is 36.7 Å². The molecule has 4 rings (SSSR count). The minimum absolute atomic E-state index is 0.225. The van der Waals surface area contributed by atoms with Gasteiger partial charge in [-0.15, -0.1) is 0 Å². The molecule has 0 spiro atoms. The average Bonchev–Trinajstić information content (AvgIpc) is 2.75. The molecule has 0 radical (unpaired) electrons. The third kappa shape index (κ3) is 3.88. The van der Waals surface area contributed by atoms with E-state index in [2.05, 4.69) is 90.4 Å². The van der Waals surface area contributed by atoms with Gasteiger partial charge in [0.05, 0.1) is 18.0 Å². The van der Waals surface area contributed by atoms with Crippen molar-refractivity contribution < 1.29 is 4.57 Å². The van der Waals surface area contributed by atoms with Crippen molar-refractivity contribution in [1.29, 1.82) is 0 Å². The van der Waals surface area contributed by atoms with E-state index in [4.69, 9.17) is 19.9 Å². The first-order chi connectivity index (χ1) is 15.2. The fourth-order valence-corrected chi connectivity index (χ4v) is 4.11. The molecule has 2 aromatic carbocycles. The van der Waals surface area contributed by atoms with Gasteiger partial charge in [0.15, 0.2) is 11.3 Å². The number of aryl methyl sites for hydroxylation is 3. The molecule has 0 N–H and O–H groups in total. The van der Waals surface area contributed by atoms with Crippen molar-refractivity contribution in [2.75, 3.05) is 0 Å². The molecule has 0 bridgehead atoms. The first kappa shape index (κ1) is 22.0. The number of fused-ring (bicyclic) bond motifs is 1. The van der Waals surface area contributed by atoms with E-state index in [1.807, 2.05) is 6.33 Å². The SMILES string of the molecule is Cc1cc(C)c(C)c(-c2c3cccc(-c4nc(C(C)C)nc(C(C)C)n4)c3nc[n+]2C)c1. The molecule has 4 aromatic rings. The van der Waals surface area contributed by atoms with E-state index in [0.29, 0.717) is 5.82 Å². The zero-order valence-corrected chi connectivity index (χ0v) is 20.4. The Morgan fingerprint density at radius 1 is 0.812 bits per heavy atom. The number of aromatic nitrogens is 5. The molecule has 0 aliphatic heterocycles. The lowest BCUT2D eigenvalue weighted by Crippen LogP contribution is -2.32. The fourth-order valence-electron chi connectivity index (χ4n) is 4.11. The van der Waals surface area contributed by atoms with Crippen molar-refractivity contribution in [1.82, 2.24) is 19.9 Å². The van der Waals surface area contributed by atoms with Gasteiger partial charge in [-0.05, 0) is 55.1 Å². The highest BCUT2D eigenvalue weighted by Crippen LogP contribution is 2.33. The molecule has 2 aromatic heterocycles. The second-order valence-corrected chi connectivity index (χ2v) is 9.35. The Balaban J connectivity index is 2.03. The predicted molar refractivity (Wildman–Crippen MR) is 130 cm³/mol. The van der Waals surface area contributed by atoms with Crippen LogP contribution in [0.1, 0.15) is 67.9 Å². The number of para-hydroxylation sites is 1. The lowest BCUT2D eigenvalue weighted by Gasteiger charge is -2.14. The van der Waals surface area contributed by atoms with Gasteiger partial charge in [-0.2, -0.15) is 0 Å². The summed E-state index contributed by atoms with van der Waals surface area (Å²) in [5, 5.41) is 1.10.